The molecule has 6 nitrogen and oxygen atoms in total. The van der Waals surface area contributed by atoms with Gasteiger partial charge in [-0.1, -0.05) is 11.6 Å². The number of ether oxygens (including phenoxy) is 1. The second-order valence-corrected chi connectivity index (χ2v) is 7.50. The zero-order chi connectivity index (χ0) is 19.4. The van der Waals surface area contributed by atoms with Crippen LogP contribution in [0.3, 0.4) is 0 Å². The number of benzene rings is 1. The highest BCUT2D eigenvalue weighted by atomic mass is 35.5. The molecule has 1 N–H and O–H groups in total. The topological polar surface area (TPSA) is 79.9 Å². The van der Waals surface area contributed by atoms with E-state index in [1.807, 2.05) is 26.1 Å². The summed E-state index contributed by atoms with van der Waals surface area (Å²) in [7, 11) is 0. The first kappa shape index (κ1) is 19.2. The second-order valence-electron chi connectivity index (χ2n) is 7.09. The van der Waals surface area contributed by atoms with Crippen molar-refractivity contribution < 1.29 is 9.53 Å². The number of carbonyl (C=O) groups is 1. The van der Waals surface area contributed by atoms with Crippen LogP contribution in [-0.2, 0) is 0 Å². The van der Waals surface area contributed by atoms with Crippen LogP contribution in [0.25, 0.3) is 0 Å². The maximum atomic E-state index is 12.4. The fraction of sp³-hybridized carbons (Fsp3) is 0.450. The molecule has 0 unspecified atom stereocenters. The fourth-order valence-corrected chi connectivity index (χ4v) is 3.40. The molecule has 0 saturated heterocycles. The Balaban J connectivity index is 1.49. The van der Waals surface area contributed by atoms with Crippen molar-refractivity contribution in [1.29, 1.82) is 5.26 Å². The van der Waals surface area contributed by atoms with Gasteiger partial charge in [0.15, 0.2) is 0 Å². The van der Waals surface area contributed by atoms with Gasteiger partial charge >= 0.3 is 0 Å². The number of hydrogen-bond acceptors (Lipinski definition) is 4. The lowest BCUT2D eigenvalue weighted by molar-refractivity contribution is 0.0888. The van der Waals surface area contributed by atoms with E-state index in [4.69, 9.17) is 21.6 Å². The molecule has 1 aromatic heterocycles. The number of aromatic nitrogens is 2. The average molecular weight is 387 g/mol. The molecule has 7 heteroatoms. The molecule has 1 aliphatic rings. The molecule has 0 spiro atoms. The summed E-state index contributed by atoms with van der Waals surface area (Å²) < 4.78 is 7.76. The molecule has 1 heterocycles. The molecule has 1 fully saturated rings. The highest BCUT2D eigenvalue weighted by Crippen LogP contribution is 2.27. The molecule has 3 rings (SSSR count). The smallest absolute Gasteiger partial charge is 0.271 e. The number of hydrogen-bond donors (Lipinski definition) is 1. The van der Waals surface area contributed by atoms with Gasteiger partial charge in [0, 0.05) is 24.3 Å². The fourth-order valence-electron chi connectivity index (χ4n) is 3.18. The molecule has 142 valence electrons. The van der Waals surface area contributed by atoms with Crippen LogP contribution in [0.1, 0.15) is 61.6 Å². The average Bonchev–Trinajstić information content (AvgIpc) is 3.14. The van der Waals surface area contributed by atoms with E-state index < -0.39 is 0 Å². The minimum Gasteiger partial charge on any atom is -0.490 e. The van der Waals surface area contributed by atoms with Crippen molar-refractivity contribution in [2.24, 2.45) is 0 Å². The van der Waals surface area contributed by atoms with E-state index in [1.54, 1.807) is 28.9 Å². The predicted octanol–water partition coefficient (Wildman–Crippen LogP) is 4.11. The van der Waals surface area contributed by atoms with Crippen molar-refractivity contribution in [2.45, 2.75) is 57.7 Å². The molecule has 1 saturated carbocycles. The van der Waals surface area contributed by atoms with Crippen molar-refractivity contribution in [2.75, 3.05) is 0 Å². The lowest BCUT2D eigenvalue weighted by atomic mass is 9.93. The van der Waals surface area contributed by atoms with Crippen LogP contribution in [-0.4, -0.2) is 27.8 Å². The van der Waals surface area contributed by atoms with Crippen LogP contribution in [0.4, 0.5) is 0 Å². The predicted molar refractivity (Wildman–Crippen MR) is 103 cm³/mol. The number of nitriles is 1. The Morgan fingerprint density at radius 1 is 1.33 bits per heavy atom. The molecule has 0 bridgehead atoms. The quantitative estimate of drug-likeness (QED) is 0.838. The van der Waals surface area contributed by atoms with Gasteiger partial charge in [0.1, 0.15) is 17.5 Å². The first-order valence-corrected chi connectivity index (χ1v) is 9.56. The Labute approximate surface area is 164 Å². The van der Waals surface area contributed by atoms with Gasteiger partial charge in [-0.2, -0.15) is 10.4 Å². The van der Waals surface area contributed by atoms with Crippen LogP contribution < -0.4 is 10.1 Å². The van der Waals surface area contributed by atoms with Gasteiger partial charge in [0.2, 0.25) is 0 Å². The van der Waals surface area contributed by atoms with Gasteiger partial charge in [-0.15, -0.1) is 0 Å². The summed E-state index contributed by atoms with van der Waals surface area (Å²) in [6.45, 7) is 4.05. The number of amides is 1. The first-order chi connectivity index (χ1) is 13.0. The van der Waals surface area contributed by atoms with Gasteiger partial charge in [0.25, 0.3) is 5.91 Å². The Bertz CT molecular complexity index is 848. The second kappa shape index (κ2) is 8.45. The van der Waals surface area contributed by atoms with E-state index in [0.717, 1.165) is 25.7 Å². The van der Waals surface area contributed by atoms with Crippen molar-refractivity contribution in [1.82, 2.24) is 15.1 Å². The Hall–Kier alpha value is -2.52. The summed E-state index contributed by atoms with van der Waals surface area (Å²) in [4.78, 5) is 12.4. The van der Waals surface area contributed by atoms with Crippen molar-refractivity contribution in [3.8, 4) is 11.8 Å². The van der Waals surface area contributed by atoms with Gasteiger partial charge in [-0.05, 0) is 57.7 Å². The van der Waals surface area contributed by atoms with E-state index in [9.17, 15) is 4.79 Å². The van der Waals surface area contributed by atoms with Crippen molar-refractivity contribution in [3.63, 3.8) is 0 Å². The molecule has 0 radical (unpaired) electrons. The minimum atomic E-state index is -0.127. The lowest BCUT2D eigenvalue weighted by Gasteiger charge is -2.29. The SMILES string of the molecule is CC(C)n1ccc(C(=O)NC2CCC(Oc3ccc(C#N)c(Cl)c3)CC2)n1. The zero-order valence-corrected chi connectivity index (χ0v) is 16.2. The number of rotatable bonds is 5. The molecule has 27 heavy (non-hydrogen) atoms. The molecule has 2 aromatic rings. The van der Waals surface area contributed by atoms with Crippen molar-refractivity contribution >= 4 is 17.5 Å². The highest BCUT2D eigenvalue weighted by molar-refractivity contribution is 6.31. The van der Waals surface area contributed by atoms with E-state index in [-0.39, 0.29) is 24.1 Å². The largest absolute Gasteiger partial charge is 0.490 e. The van der Waals surface area contributed by atoms with Gasteiger partial charge in [-0.25, -0.2) is 0 Å². The highest BCUT2D eigenvalue weighted by Gasteiger charge is 2.24. The number of nitrogens with zero attached hydrogens (tertiary/aromatic N) is 3. The standard InChI is InChI=1S/C20H23ClN4O2/c1-13(2)25-10-9-19(24-25)20(26)23-15-4-7-16(8-5-15)27-17-6-3-14(12-22)18(21)11-17/h3,6,9-11,13,15-16H,4-5,7-8H2,1-2H3,(H,23,26). The maximum absolute atomic E-state index is 12.4. The van der Waals surface area contributed by atoms with Gasteiger partial charge < -0.3 is 10.1 Å². The Morgan fingerprint density at radius 2 is 2.07 bits per heavy atom. The van der Waals surface area contributed by atoms with E-state index in [1.165, 1.54) is 0 Å². The van der Waals surface area contributed by atoms with Crippen LogP contribution >= 0.6 is 11.6 Å². The maximum Gasteiger partial charge on any atom is 0.271 e. The molecular formula is C20H23ClN4O2. The van der Waals surface area contributed by atoms with Crippen LogP contribution in [0.5, 0.6) is 5.75 Å². The summed E-state index contributed by atoms with van der Waals surface area (Å²) >= 11 is 6.05. The Kier molecular flexibility index (Phi) is 6.02. The zero-order valence-electron chi connectivity index (χ0n) is 15.5. The van der Waals surface area contributed by atoms with E-state index in [2.05, 4.69) is 10.4 Å². The van der Waals surface area contributed by atoms with E-state index >= 15 is 0 Å². The number of carbonyl (C=O) groups excluding carboxylic acids is 1. The number of nitrogens with one attached hydrogen (secondary N) is 1. The third kappa shape index (κ3) is 4.81. The normalized spacial score (nSPS) is 19.5. The summed E-state index contributed by atoms with van der Waals surface area (Å²) in [5.41, 5.74) is 0.893. The number of halogens is 1. The summed E-state index contributed by atoms with van der Waals surface area (Å²) in [6.07, 6.45) is 5.32. The lowest BCUT2D eigenvalue weighted by Crippen LogP contribution is -2.39. The van der Waals surface area contributed by atoms with Crippen molar-refractivity contribution in [3.05, 3.63) is 46.7 Å². The molecule has 1 aliphatic carbocycles. The first-order valence-electron chi connectivity index (χ1n) is 9.18. The molecule has 1 amide bonds. The molecule has 0 atom stereocenters. The third-order valence-electron chi connectivity index (χ3n) is 4.74. The molecule has 1 aromatic carbocycles. The van der Waals surface area contributed by atoms with Gasteiger partial charge in [-0.3, -0.25) is 9.48 Å². The summed E-state index contributed by atoms with van der Waals surface area (Å²) in [5, 5.41) is 16.7. The van der Waals surface area contributed by atoms with Crippen LogP contribution in [0.15, 0.2) is 30.5 Å². The minimum absolute atomic E-state index is 0.0855. The Morgan fingerprint density at radius 3 is 2.67 bits per heavy atom. The van der Waals surface area contributed by atoms with Crippen LogP contribution in [0.2, 0.25) is 5.02 Å². The summed E-state index contributed by atoms with van der Waals surface area (Å²) in [5.74, 6) is 0.545. The monoisotopic (exact) mass is 386 g/mol. The molecular weight excluding hydrogens is 364 g/mol. The van der Waals surface area contributed by atoms with E-state index in [0.29, 0.717) is 22.0 Å². The van der Waals surface area contributed by atoms with Crippen LogP contribution in [0, 0.1) is 11.3 Å². The summed E-state index contributed by atoms with van der Waals surface area (Å²) in [6, 6.07) is 9.26. The van der Waals surface area contributed by atoms with Gasteiger partial charge in [0.05, 0.1) is 16.7 Å². The molecule has 0 aliphatic heterocycles. The third-order valence-corrected chi connectivity index (χ3v) is 5.06.